The van der Waals surface area contributed by atoms with Crippen molar-refractivity contribution in [3.63, 3.8) is 0 Å². The number of rotatable bonds is 9. The van der Waals surface area contributed by atoms with E-state index < -0.39 is 0 Å². The van der Waals surface area contributed by atoms with E-state index in [2.05, 4.69) is 31.4 Å². The summed E-state index contributed by atoms with van der Waals surface area (Å²) in [6, 6.07) is 0. The molecule has 0 aliphatic carbocycles. The molecule has 0 heterocycles. The molecule has 0 saturated carbocycles. The van der Waals surface area contributed by atoms with E-state index in [0.717, 1.165) is 5.57 Å². The van der Waals surface area contributed by atoms with E-state index in [4.69, 9.17) is 5.73 Å². The first-order valence-corrected chi connectivity index (χ1v) is 6.68. The summed E-state index contributed by atoms with van der Waals surface area (Å²) in [5.74, 6) is -0.328. The molecular weight excluding hydrogens is 274 g/mol. The van der Waals surface area contributed by atoms with Crippen molar-refractivity contribution >= 4 is 11.6 Å². The van der Waals surface area contributed by atoms with Crippen LogP contribution in [-0.4, -0.2) is 23.2 Å². The molecule has 22 heavy (non-hydrogen) atoms. The highest BCUT2D eigenvalue weighted by atomic mass is 16.2. The van der Waals surface area contributed by atoms with Crippen LogP contribution in [0.2, 0.25) is 0 Å². The van der Waals surface area contributed by atoms with Gasteiger partial charge < -0.3 is 5.73 Å². The van der Waals surface area contributed by atoms with E-state index in [1.807, 2.05) is 6.08 Å². The SMILES string of the molecule is C=C/C=C\C(=C/C=C)CN(/N=C(C=C)/C(C)=C/N)C(=O)C=C. The molecule has 0 atom stereocenters. The molecule has 0 aromatic rings. The number of allylic oxidation sites excluding steroid dienone is 6. The maximum atomic E-state index is 12.0. The quantitative estimate of drug-likeness (QED) is 0.307. The number of nitrogens with zero attached hydrogens (tertiary/aromatic N) is 2. The van der Waals surface area contributed by atoms with Crippen LogP contribution in [0, 0.1) is 0 Å². The molecule has 0 aliphatic heterocycles. The number of carbonyl (C=O) groups is 1. The summed E-state index contributed by atoms with van der Waals surface area (Å²) in [4.78, 5) is 12.0. The predicted molar refractivity (Wildman–Crippen MR) is 95.1 cm³/mol. The van der Waals surface area contributed by atoms with Gasteiger partial charge >= 0.3 is 0 Å². The van der Waals surface area contributed by atoms with Crippen molar-refractivity contribution in [3.8, 4) is 0 Å². The van der Waals surface area contributed by atoms with Crippen molar-refractivity contribution in [3.05, 3.63) is 86.2 Å². The van der Waals surface area contributed by atoms with Crippen LogP contribution >= 0.6 is 0 Å². The van der Waals surface area contributed by atoms with Gasteiger partial charge in [-0.25, -0.2) is 5.01 Å². The fraction of sp³-hybridized carbons (Fsp3) is 0.111. The van der Waals surface area contributed by atoms with Crippen molar-refractivity contribution in [2.45, 2.75) is 6.92 Å². The van der Waals surface area contributed by atoms with Gasteiger partial charge in [-0.3, -0.25) is 4.79 Å². The van der Waals surface area contributed by atoms with E-state index >= 15 is 0 Å². The minimum absolute atomic E-state index is 0.260. The van der Waals surface area contributed by atoms with Crippen molar-refractivity contribution in [1.29, 1.82) is 0 Å². The van der Waals surface area contributed by atoms with Gasteiger partial charge in [-0.1, -0.05) is 56.7 Å². The van der Waals surface area contributed by atoms with E-state index in [1.54, 1.807) is 37.3 Å². The number of nitrogens with two attached hydrogens (primary N) is 1. The topological polar surface area (TPSA) is 58.7 Å². The van der Waals surface area contributed by atoms with Crippen LogP contribution in [0.3, 0.4) is 0 Å². The van der Waals surface area contributed by atoms with Crippen molar-refractivity contribution in [1.82, 2.24) is 5.01 Å². The molecule has 0 unspecified atom stereocenters. The molecular formula is C18H23N3O. The van der Waals surface area contributed by atoms with Gasteiger partial charge in [0.15, 0.2) is 0 Å². The zero-order valence-electron chi connectivity index (χ0n) is 13.0. The van der Waals surface area contributed by atoms with Crippen molar-refractivity contribution in [2.24, 2.45) is 10.8 Å². The Balaban J connectivity index is 5.64. The Hall–Kier alpha value is -2.88. The maximum Gasteiger partial charge on any atom is 0.266 e. The van der Waals surface area contributed by atoms with Crippen LogP contribution in [0.5, 0.6) is 0 Å². The number of amides is 1. The van der Waals surface area contributed by atoms with Gasteiger partial charge in [0.2, 0.25) is 0 Å². The molecule has 0 aromatic heterocycles. The Bertz CT molecular complexity index is 563. The standard InChI is InChI=1S/C18H23N3O/c1-6-10-12-16(11-7-2)14-21(18(22)9-4)20-17(8-3)15(5)13-19/h6-13H,1-4,14,19H2,5H3/b12-10-,15-13+,16-11+,20-17+. The summed E-state index contributed by atoms with van der Waals surface area (Å²) in [6.07, 6.45) is 12.8. The Morgan fingerprint density at radius 1 is 1.18 bits per heavy atom. The molecule has 0 saturated heterocycles. The Kier molecular flexibility index (Phi) is 9.43. The lowest BCUT2D eigenvalue weighted by molar-refractivity contribution is -0.125. The van der Waals surface area contributed by atoms with Crippen LogP contribution in [0.15, 0.2) is 91.3 Å². The Morgan fingerprint density at radius 2 is 1.86 bits per heavy atom. The summed E-state index contributed by atoms with van der Waals surface area (Å²) in [5.41, 5.74) is 7.56. The summed E-state index contributed by atoms with van der Waals surface area (Å²) in [6.45, 7) is 16.5. The number of carbonyl (C=O) groups excluding carboxylic acids is 1. The highest BCUT2D eigenvalue weighted by Gasteiger charge is 2.11. The molecule has 0 radical (unpaired) electrons. The lowest BCUT2D eigenvalue weighted by atomic mass is 10.2. The molecule has 4 heteroatoms. The predicted octanol–water partition coefficient (Wildman–Crippen LogP) is 3.26. The number of hydrogen-bond donors (Lipinski definition) is 1. The minimum atomic E-state index is -0.328. The minimum Gasteiger partial charge on any atom is -0.404 e. The van der Waals surface area contributed by atoms with Crippen LogP contribution in [-0.2, 0) is 4.79 Å². The van der Waals surface area contributed by atoms with Gasteiger partial charge in [0.05, 0.1) is 12.3 Å². The molecule has 0 aliphatic rings. The number of hydrazone groups is 1. The van der Waals surface area contributed by atoms with Gasteiger partial charge in [0, 0.05) is 0 Å². The molecule has 0 spiro atoms. The largest absolute Gasteiger partial charge is 0.404 e. The van der Waals surface area contributed by atoms with Gasteiger partial charge in [-0.2, -0.15) is 5.10 Å². The second-order valence-electron chi connectivity index (χ2n) is 4.21. The lowest BCUT2D eigenvalue weighted by Gasteiger charge is -2.17. The maximum absolute atomic E-state index is 12.0. The molecule has 4 nitrogen and oxygen atoms in total. The zero-order chi connectivity index (χ0) is 17.0. The summed E-state index contributed by atoms with van der Waals surface area (Å²) >= 11 is 0. The van der Waals surface area contributed by atoms with E-state index in [1.165, 1.54) is 17.3 Å². The fourth-order valence-electron chi connectivity index (χ4n) is 1.44. The molecule has 0 rings (SSSR count). The Labute approximate surface area is 132 Å². The first-order chi connectivity index (χ1) is 10.5. The van der Waals surface area contributed by atoms with Gasteiger partial charge in [-0.15, -0.1) is 0 Å². The third kappa shape index (κ3) is 6.52. The fourth-order valence-corrected chi connectivity index (χ4v) is 1.44. The van der Waals surface area contributed by atoms with E-state index in [0.29, 0.717) is 11.3 Å². The molecule has 116 valence electrons. The number of hydrogen-bond acceptors (Lipinski definition) is 3. The highest BCUT2D eigenvalue weighted by molar-refractivity contribution is 6.08. The van der Waals surface area contributed by atoms with Gasteiger partial charge in [0.25, 0.3) is 5.91 Å². The summed E-state index contributed by atoms with van der Waals surface area (Å²) in [5, 5.41) is 5.59. The second-order valence-corrected chi connectivity index (χ2v) is 4.21. The van der Waals surface area contributed by atoms with Crippen LogP contribution in [0.1, 0.15) is 6.92 Å². The monoisotopic (exact) mass is 297 g/mol. The summed E-state index contributed by atoms with van der Waals surface area (Å²) < 4.78 is 0. The van der Waals surface area contributed by atoms with Crippen molar-refractivity contribution in [2.75, 3.05) is 6.54 Å². The molecule has 1 amide bonds. The van der Waals surface area contributed by atoms with Crippen molar-refractivity contribution < 1.29 is 4.79 Å². The third-order valence-corrected chi connectivity index (χ3v) is 2.62. The van der Waals surface area contributed by atoms with Crippen LogP contribution in [0.4, 0.5) is 0 Å². The third-order valence-electron chi connectivity index (χ3n) is 2.62. The van der Waals surface area contributed by atoms with E-state index in [9.17, 15) is 4.79 Å². The molecule has 2 N–H and O–H groups in total. The first kappa shape index (κ1) is 19.1. The average molecular weight is 297 g/mol. The molecule has 0 bridgehead atoms. The first-order valence-electron chi connectivity index (χ1n) is 6.68. The Morgan fingerprint density at radius 3 is 2.32 bits per heavy atom. The average Bonchev–Trinajstić information content (AvgIpc) is 2.54. The van der Waals surface area contributed by atoms with Gasteiger partial charge in [0.1, 0.15) is 0 Å². The normalized spacial score (nSPS) is 12.9. The van der Waals surface area contributed by atoms with Crippen LogP contribution in [0.25, 0.3) is 0 Å². The summed E-state index contributed by atoms with van der Waals surface area (Å²) in [7, 11) is 0. The molecule has 0 aromatic carbocycles. The second kappa shape index (κ2) is 10.9. The zero-order valence-corrected chi connectivity index (χ0v) is 13.0. The highest BCUT2D eigenvalue weighted by Crippen LogP contribution is 2.07. The smallest absolute Gasteiger partial charge is 0.266 e. The lowest BCUT2D eigenvalue weighted by Crippen LogP contribution is -2.27. The van der Waals surface area contributed by atoms with E-state index in [-0.39, 0.29) is 12.5 Å². The van der Waals surface area contributed by atoms with Crippen LogP contribution < -0.4 is 5.73 Å². The molecule has 0 fully saturated rings. The van der Waals surface area contributed by atoms with Gasteiger partial charge in [-0.05, 0) is 36.4 Å².